The first-order chi connectivity index (χ1) is 24.5. The standard InChI is InChI=1S/C48H54N2/c1-5-8-13-32-18-20-45-40-16-11-12-17-44(40)48(6-2,7-3)46(50(45)31-32)21-19-35-14-9-10-15-39(35)47-43-30-42-38-27-33-24-34(28-38)26-37(25-33)41(42)29-36(43)22-23-49(47)4/h9-12,14-18,20-23,29-31,33-34,37-38H,5-8,13,19,24-28H2,1-4H3/q+2. The minimum Gasteiger partial charge on any atom is -0.200 e. The molecule has 2 heteroatoms. The lowest BCUT2D eigenvalue weighted by atomic mass is 9.67. The van der Waals surface area contributed by atoms with Gasteiger partial charge in [0.1, 0.15) is 7.05 Å². The third kappa shape index (κ3) is 5.03. The van der Waals surface area contributed by atoms with Crippen molar-refractivity contribution in [3.05, 3.63) is 125 Å². The fourth-order valence-electron chi connectivity index (χ4n) is 11.3. The van der Waals surface area contributed by atoms with Crippen LogP contribution in [-0.2, 0) is 25.3 Å². The van der Waals surface area contributed by atoms with Crippen molar-refractivity contribution in [2.24, 2.45) is 18.9 Å². The van der Waals surface area contributed by atoms with Gasteiger partial charge in [-0.05, 0) is 146 Å². The van der Waals surface area contributed by atoms with E-state index in [-0.39, 0.29) is 5.41 Å². The van der Waals surface area contributed by atoms with Gasteiger partial charge >= 0.3 is 0 Å². The van der Waals surface area contributed by atoms with Crippen molar-refractivity contribution in [3.8, 4) is 22.5 Å². The van der Waals surface area contributed by atoms with Crippen molar-refractivity contribution < 1.29 is 9.13 Å². The topological polar surface area (TPSA) is 7.76 Å². The van der Waals surface area contributed by atoms with Gasteiger partial charge in [0, 0.05) is 17.7 Å². The predicted octanol–water partition coefficient (Wildman–Crippen LogP) is 11.2. The molecule has 2 aromatic heterocycles. The van der Waals surface area contributed by atoms with E-state index in [0.717, 1.165) is 49.4 Å². The molecule has 0 amide bonds. The maximum Gasteiger partial charge on any atom is 0.220 e. The van der Waals surface area contributed by atoms with E-state index in [1.165, 1.54) is 101 Å². The van der Waals surface area contributed by atoms with E-state index in [0.29, 0.717) is 0 Å². The summed E-state index contributed by atoms with van der Waals surface area (Å²) < 4.78 is 4.98. The van der Waals surface area contributed by atoms with Gasteiger partial charge in [0.2, 0.25) is 11.4 Å². The van der Waals surface area contributed by atoms with Gasteiger partial charge in [-0.25, -0.2) is 4.57 Å². The number of aromatic nitrogens is 2. The molecule has 0 spiro atoms. The van der Waals surface area contributed by atoms with E-state index in [9.17, 15) is 0 Å². The molecule has 3 aromatic carbocycles. The highest BCUT2D eigenvalue weighted by atomic mass is 15.0. The van der Waals surface area contributed by atoms with Gasteiger partial charge in [-0.2, -0.15) is 4.57 Å². The lowest BCUT2D eigenvalue weighted by Gasteiger charge is -2.38. The van der Waals surface area contributed by atoms with Crippen LogP contribution in [0.3, 0.4) is 0 Å². The number of nitrogens with zero attached hydrogens (tertiary/aromatic N) is 2. The molecular formula is C48H54N2+2. The number of aryl methyl sites for hydroxylation is 2. The van der Waals surface area contributed by atoms with Crippen LogP contribution in [0.2, 0.25) is 0 Å². The minimum atomic E-state index is -0.0349. The van der Waals surface area contributed by atoms with Crippen LogP contribution in [0.1, 0.15) is 118 Å². The summed E-state index contributed by atoms with van der Waals surface area (Å²) >= 11 is 0. The van der Waals surface area contributed by atoms with Crippen molar-refractivity contribution in [3.63, 3.8) is 0 Å². The predicted molar refractivity (Wildman–Crippen MR) is 207 cm³/mol. The molecule has 4 aliphatic carbocycles. The SMILES string of the molecule is CCCCc1ccc2[n+](c1)C(=CCc1ccccc1-c1c3cc4c(cc3cc[n+]1C)C1CC3CC(C1)CC4C3)C(CC)(CC)c1ccccc1-2. The second-order valence-electron chi connectivity index (χ2n) is 16.3. The van der Waals surface area contributed by atoms with Gasteiger partial charge in [0.25, 0.3) is 0 Å². The Balaban J connectivity index is 1.18. The van der Waals surface area contributed by atoms with Gasteiger partial charge in [0.15, 0.2) is 18.1 Å². The highest BCUT2D eigenvalue weighted by molar-refractivity contribution is 5.95. The Kier molecular flexibility index (Phi) is 8.06. The number of unbranched alkanes of at least 4 members (excludes halogenated alkanes) is 1. The van der Waals surface area contributed by atoms with Crippen LogP contribution >= 0.6 is 0 Å². The molecule has 1 aliphatic heterocycles. The third-order valence-electron chi connectivity index (χ3n) is 13.7. The zero-order valence-corrected chi connectivity index (χ0v) is 30.7. The zero-order chi connectivity index (χ0) is 34.0. The van der Waals surface area contributed by atoms with Crippen molar-refractivity contribution in [1.29, 1.82) is 0 Å². The number of fused-ring (bicyclic) bond motifs is 4. The molecule has 2 unspecified atom stereocenters. The molecule has 254 valence electrons. The molecule has 5 aromatic rings. The maximum absolute atomic E-state index is 2.66. The third-order valence-corrected chi connectivity index (χ3v) is 13.7. The van der Waals surface area contributed by atoms with Crippen molar-refractivity contribution in [2.75, 3.05) is 0 Å². The van der Waals surface area contributed by atoms with Crippen LogP contribution in [-0.4, -0.2) is 0 Å². The van der Waals surface area contributed by atoms with Crippen LogP contribution in [0, 0.1) is 11.8 Å². The van der Waals surface area contributed by atoms with Crippen LogP contribution in [0.15, 0.2) is 97.3 Å². The lowest BCUT2D eigenvalue weighted by Crippen LogP contribution is -2.49. The fourth-order valence-corrected chi connectivity index (χ4v) is 11.3. The molecule has 5 aliphatic rings. The van der Waals surface area contributed by atoms with Gasteiger partial charge < -0.3 is 0 Å². The van der Waals surface area contributed by atoms with Gasteiger partial charge in [-0.15, -0.1) is 0 Å². The summed E-state index contributed by atoms with van der Waals surface area (Å²) in [6.45, 7) is 7.08. The van der Waals surface area contributed by atoms with E-state index in [4.69, 9.17) is 0 Å². The van der Waals surface area contributed by atoms with Crippen LogP contribution in [0.5, 0.6) is 0 Å². The number of rotatable bonds is 8. The molecule has 0 saturated heterocycles. The molecule has 50 heavy (non-hydrogen) atoms. The highest BCUT2D eigenvalue weighted by Gasteiger charge is 2.47. The molecule has 2 fully saturated rings. The first kappa shape index (κ1) is 31.9. The number of benzene rings is 3. The highest BCUT2D eigenvalue weighted by Crippen LogP contribution is 2.57. The zero-order valence-electron chi connectivity index (χ0n) is 30.7. The van der Waals surface area contributed by atoms with Crippen molar-refractivity contribution in [1.82, 2.24) is 0 Å². The number of allylic oxidation sites excluding steroid dienone is 2. The molecule has 2 nitrogen and oxygen atoms in total. The Labute approximate surface area is 299 Å². The summed E-state index contributed by atoms with van der Waals surface area (Å²) in [7, 11) is 2.25. The van der Waals surface area contributed by atoms with Crippen LogP contribution in [0.25, 0.3) is 39.0 Å². The lowest BCUT2D eigenvalue weighted by molar-refractivity contribution is -0.659. The Morgan fingerprint density at radius 1 is 0.760 bits per heavy atom. The van der Waals surface area contributed by atoms with Gasteiger partial charge in [-0.3, -0.25) is 0 Å². The number of pyridine rings is 2. The Morgan fingerprint density at radius 2 is 1.46 bits per heavy atom. The summed E-state index contributed by atoms with van der Waals surface area (Å²) in [6, 6.07) is 30.9. The Hall–Kier alpha value is -4.04. The molecular weight excluding hydrogens is 605 g/mol. The second-order valence-corrected chi connectivity index (χ2v) is 16.3. The molecule has 0 N–H and O–H groups in total. The van der Waals surface area contributed by atoms with E-state index in [2.05, 4.69) is 134 Å². The van der Waals surface area contributed by atoms with Gasteiger partial charge in [0.05, 0.1) is 21.9 Å². The average molecular weight is 659 g/mol. The molecule has 0 radical (unpaired) electrons. The first-order valence-electron chi connectivity index (χ1n) is 19.9. The number of hydrogen-bond donors (Lipinski definition) is 0. The normalized spacial score (nSPS) is 23.5. The smallest absolute Gasteiger partial charge is 0.200 e. The van der Waals surface area contributed by atoms with E-state index in [1.807, 2.05) is 0 Å². The Bertz CT molecular complexity index is 2120. The maximum atomic E-state index is 2.66. The fraction of sp³-hybridized carbons (Fsp3) is 0.417. The summed E-state index contributed by atoms with van der Waals surface area (Å²) in [4.78, 5) is 0. The summed E-state index contributed by atoms with van der Waals surface area (Å²) in [5, 5.41) is 2.84. The quantitative estimate of drug-likeness (QED) is 0.147. The van der Waals surface area contributed by atoms with Gasteiger partial charge in [-0.1, -0.05) is 69.7 Å². The summed E-state index contributed by atoms with van der Waals surface area (Å²) in [5.74, 6) is 3.39. The summed E-state index contributed by atoms with van der Waals surface area (Å²) in [5.41, 5.74) is 14.5. The monoisotopic (exact) mass is 658 g/mol. The second kappa shape index (κ2) is 12.6. The molecule has 4 bridgehead atoms. The van der Waals surface area contributed by atoms with E-state index < -0.39 is 0 Å². The van der Waals surface area contributed by atoms with E-state index in [1.54, 1.807) is 11.1 Å². The molecule has 2 atom stereocenters. The van der Waals surface area contributed by atoms with Crippen LogP contribution in [0.4, 0.5) is 0 Å². The first-order valence-corrected chi connectivity index (χ1v) is 19.9. The minimum absolute atomic E-state index is 0.0349. The van der Waals surface area contributed by atoms with Crippen molar-refractivity contribution >= 4 is 16.5 Å². The molecule has 10 rings (SSSR count). The van der Waals surface area contributed by atoms with E-state index >= 15 is 0 Å². The summed E-state index contributed by atoms with van der Waals surface area (Å²) in [6.07, 6.45) is 21.1. The largest absolute Gasteiger partial charge is 0.220 e. The Morgan fingerprint density at radius 3 is 2.20 bits per heavy atom. The average Bonchev–Trinajstić information content (AvgIpc) is 3.31. The molecule has 3 heterocycles. The number of hydrogen-bond acceptors (Lipinski definition) is 0. The van der Waals surface area contributed by atoms with Crippen LogP contribution < -0.4 is 9.13 Å². The molecule has 2 saturated carbocycles. The van der Waals surface area contributed by atoms with Crippen molar-refractivity contribution in [2.45, 2.75) is 109 Å².